The largest absolute Gasteiger partial charge is 0.478 e. The standard InChI is InChI=1S/C28H24FN3O2/c1-17-14-21(16-30-23(17)12-13-25(33)34)27(20-10-11-24-22(15-20)28(29)32-31-24)26(19-8-5-9-19)18-6-3-2-4-7-18/h2-4,6-7,10-16,19H,5,8-9H2,1H3,(H,31,32)(H,33,34)/b13-12+,27-26+. The van der Waals surface area contributed by atoms with Crippen molar-refractivity contribution in [3.05, 3.63) is 101 Å². The first kappa shape index (κ1) is 21.8. The fraction of sp³-hybridized carbons (Fsp3) is 0.179. The van der Waals surface area contributed by atoms with Gasteiger partial charge in [0, 0.05) is 17.8 Å². The van der Waals surface area contributed by atoms with E-state index in [0.717, 1.165) is 46.7 Å². The fourth-order valence-electron chi connectivity index (χ4n) is 4.56. The number of nitrogens with zero attached hydrogens (tertiary/aromatic N) is 2. The van der Waals surface area contributed by atoms with Gasteiger partial charge in [0.05, 0.1) is 16.6 Å². The Hall–Kier alpha value is -4.06. The third kappa shape index (κ3) is 4.15. The molecule has 1 aliphatic rings. The van der Waals surface area contributed by atoms with Crippen LogP contribution in [0.2, 0.25) is 0 Å². The van der Waals surface area contributed by atoms with Crippen molar-refractivity contribution in [1.29, 1.82) is 0 Å². The minimum atomic E-state index is -1.02. The summed E-state index contributed by atoms with van der Waals surface area (Å²) in [7, 11) is 0. The van der Waals surface area contributed by atoms with Crippen LogP contribution in [0.3, 0.4) is 0 Å². The molecule has 4 aromatic rings. The number of carboxylic acid groups (broad SMARTS) is 1. The Morgan fingerprint density at radius 1 is 1.09 bits per heavy atom. The van der Waals surface area contributed by atoms with Crippen LogP contribution < -0.4 is 0 Å². The number of aromatic nitrogens is 3. The summed E-state index contributed by atoms with van der Waals surface area (Å²) in [4.78, 5) is 15.5. The number of nitrogens with one attached hydrogen (secondary N) is 1. The molecule has 2 heterocycles. The van der Waals surface area contributed by atoms with Gasteiger partial charge in [0.1, 0.15) is 0 Å². The summed E-state index contributed by atoms with van der Waals surface area (Å²) in [5.74, 6) is -1.14. The molecule has 0 spiro atoms. The second kappa shape index (κ2) is 9.06. The van der Waals surface area contributed by atoms with Crippen molar-refractivity contribution in [2.24, 2.45) is 5.92 Å². The zero-order chi connectivity index (χ0) is 23.7. The molecule has 6 heteroatoms. The van der Waals surface area contributed by atoms with Gasteiger partial charge in [-0.2, -0.15) is 4.39 Å². The number of hydrogen-bond donors (Lipinski definition) is 2. The van der Waals surface area contributed by atoms with E-state index in [1.54, 1.807) is 6.20 Å². The lowest BCUT2D eigenvalue weighted by Gasteiger charge is -2.31. The highest BCUT2D eigenvalue weighted by Crippen LogP contribution is 2.45. The molecule has 1 saturated carbocycles. The number of pyridine rings is 1. The Bertz CT molecular complexity index is 1430. The van der Waals surface area contributed by atoms with Gasteiger partial charge in [0.2, 0.25) is 5.95 Å². The van der Waals surface area contributed by atoms with Crippen LogP contribution in [0.5, 0.6) is 0 Å². The van der Waals surface area contributed by atoms with E-state index in [1.165, 1.54) is 18.1 Å². The van der Waals surface area contributed by atoms with Crippen LogP contribution in [0.4, 0.5) is 4.39 Å². The minimum absolute atomic E-state index is 0.397. The fourth-order valence-corrected chi connectivity index (χ4v) is 4.56. The lowest BCUT2D eigenvalue weighted by molar-refractivity contribution is -0.131. The predicted octanol–water partition coefficient (Wildman–Crippen LogP) is 6.26. The molecule has 5 nitrogen and oxygen atoms in total. The highest BCUT2D eigenvalue weighted by molar-refractivity contribution is 6.01. The van der Waals surface area contributed by atoms with Gasteiger partial charge >= 0.3 is 5.97 Å². The van der Waals surface area contributed by atoms with Crippen molar-refractivity contribution in [1.82, 2.24) is 15.2 Å². The lowest BCUT2D eigenvalue weighted by atomic mass is 9.73. The van der Waals surface area contributed by atoms with Crippen LogP contribution in [-0.2, 0) is 4.79 Å². The summed E-state index contributed by atoms with van der Waals surface area (Å²) in [6.45, 7) is 1.92. The number of aromatic amines is 1. The summed E-state index contributed by atoms with van der Waals surface area (Å²) < 4.78 is 14.4. The van der Waals surface area contributed by atoms with Crippen LogP contribution in [0, 0.1) is 18.8 Å². The van der Waals surface area contributed by atoms with Gasteiger partial charge in [-0.15, -0.1) is 5.10 Å². The molecule has 2 aromatic carbocycles. The first-order valence-electron chi connectivity index (χ1n) is 11.3. The number of carbonyl (C=O) groups is 1. The molecule has 0 unspecified atom stereocenters. The first-order valence-corrected chi connectivity index (χ1v) is 11.3. The number of allylic oxidation sites excluding steroid dienone is 1. The average molecular weight is 454 g/mol. The van der Waals surface area contributed by atoms with Crippen molar-refractivity contribution >= 4 is 34.1 Å². The van der Waals surface area contributed by atoms with E-state index in [2.05, 4.69) is 27.3 Å². The SMILES string of the molecule is Cc1cc(/C(=C(\c2ccccc2)C2CCC2)c2ccc3[nH]nc(F)c3c2)cnc1/C=C/C(=O)O. The van der Waals surface area contributed by atoms with Gasteiger partial charge < -0.3 is 5.11 Å². The normalized spacial score (nSPS) is 14.9. The minimum Gasteiger partial charge on any atom is -0.478 e. The van der Waals surface area contributed by atoms with Crippen LogP contribution in [0.15, 0.2) is 66.9 Å². The van der Waals surface area contributed by atoms with Crippen molar-refractivity contribution in [2.75, 3.05) is 0 Å². The second-order valence-corrected chi connectivity index (χ2v) is 8.66. The smallest absolute Gasteiger partial charge is 0.328 e. The molecule has 34 heavy (non-hydrogen) atoms. The molecule has 5 rings (SSSR count). The Morgan fingerprint density at radius 2 is 1.88 bits per heavy atom. The molecule has 2 aromatic heterocycles. The molecule has 0 bridgehead atoms. The van der Waals surface area contributed by atoms with Crippen molar-refractivity contribution in [3.8, 4) is 0 Å². The van der Waals surface area contributed by atoms with E-state index in [4.69, 9.17) is 5.11 Å². The maximum atomic E-state index is 14.4. The topological polar surface area (TPSA) is 78.9 Å². The molecule has 2 N–H and O–H groups in total. The number of benzene rings is 2. The number of aryl methyl sites for hydroxylation is 1. The van der Waals surface area contributed by atoms with Gasteiger partial charge in [0.15, 0.2) is 0 Å². The molecule has 0 saturated heterocycles. The van der Waals surface area contributed by atoms with Gasteiger partial charge in [-0.1, -0.05) is 42.8 Å². The molecule has 170 valence electrons. The lowest BCUT2D eigenvalue weighted by Crippen LogP contribution is -2.15. The quantitative estimate of drug-likeness (QED) is 0.267. The zero-order valence-corrected chi connectivity index (χ0v) is 18.8. The molecule has 1 aliphatic carbocycles. The third-order valence-electron chi connectivity index (χ3n) is 6.46. The number of hydrogen-bond acceptors (Lipinski definition) is 3. The maximum Gasteiger partial charge on any atom is 0.328 e. The number of fused-ring (bicyclic) bond motifs is 1. The van der Waals surface area contributed by atoms with Crippen LogP contribution in [0.25, 0.3) is 28.1 Å². The zero-order valence-electron chi connectivity index (χ0n) is 18.8. The average Bonchev–Trinajstić information content (AvgIpc) is 3.17. The molecule has 1 fully saturated rings. The maximum absolute atomic E-state index is 14.4. The van der Waals surface area contributed by atoms with Crippen LogP contribution in [-0.4, -0.2) is 26.3 Å². The molecular weight excluding hydrogens is 429 g/mol. The second-order valence-electron chi connectivity index (χ2n) is 8.66. The Morgan fingerprint density at radius 3 is 2.56 bits per heavy atom. The molecule has 0 amide bonds. The molecule has 0 atom stereocenters. The van der Waals surface area contributed by atoms with Crippen LogP contribution in [0.1, 0.15) is 47.2 Å². The molecule has 0 aliphatic heterocycles. The number of rotatable bonds is 6. The first-order chi connectivity index (χ1) is 16.5. The number of aliphatic carboxylic acids is 1. The van der Waals surface area contributed by atoms with E-state index in [0.29, 0.717) is 22.5 Å². The van der Waals surface area contributed by atoms with Gasteiger partial charge in [-0.3, -0.25) is 10.1 Å². The van der Waals surface area contributed by atoms with Gasteiger partial charge in [0.25, 0.3) is 0 Å². The van der Waals surface area contributed by atoms with Crippen molar-refractivity contribution in [3.63, 3.8) is 0 Å². The van der Waals surface area contributed by atoms with E-state index < -0.39 is 11.9 Å². The molecule has 0 radical (unpaired) electrons. The number of carboxylic acids is 1. The summed E-state index contributed by atoms with van der Waals surface area (Å²) in [5, 5.41) is 15.9. The van der Waals surface area contributed by atoms with Crippen molar-refractivity contribution < 1.29 is 14.3 Å². The summed E-state index contributed by atoms with van der Waals surface area (Å²) in [5.41, 5.74) is 7.31. The Kier molecular flexibility index (Phi) is 5.80. The number of halogens is 1. The van der Waals surface area contributed by atoms with E-state index in [9.17, 15) is 9.18 Å². The van der Waals surface area contributed by atoms with E-state index in [-0.39, 0.29) is 0 Å². The summed E-state index contributed by atoms with van der Waals surface area (Å²) in [6, 6.07) is 18.0. The van der Waals surface area contributed by atoms with Gasteiger partial charge in [-0.25, -0.2) is 4.79 Å². The summed E-state index contributed by atoms with van der Waals surface area (Å²) in [6.07, 6.45) is 7.75. The monoisotopic (exact) mass is 453 g/mol. The highest BCUT2D eigenvalue weighted by atomic mass is 19.1. The summed E-state index contributed by atoms with van der Waals surface area (Å²) >= 11 is 0. The van der Waals surface area contributed by atoms with E-state index >= 15 is 0 Å². The Labute approximate surface area is 196 Å². The number of H-pyrrole nitrogens is 1. The highest BCUT2D eigenvalue weighted by Gasteiger charge is 2.27. The van der Waals surface area contributed by atoms with Gasteiger partial charge in [-0.05, 0) is 77.8 Å². The third-order valence-corrected chi connectivity index (χ3v) is 6.46. The van der Waals surface area contributed by atoms with Crippen molar-refractivity contribution in [2.45, 2.75) is 26.2 Å². The van der Waals surface area contributed by atoms with Crippen LogP contribution >= 0.6 is 0 Å². The predicted molar refractivity (Wildman–Crippen MR) is 131 cm³/mol. The molecular formula is C28H24FN3O2. The van der Waals surface area contributed by atoms with E-state index in [1.807, 2.05) is 49.4 Å². The Balaban J connectivity index is 1.76.